The predicted molar refractivity (Wildman–Crippen MR) is 60.2 cm³/mol. The minimum atomic E-state index is -1.32. The van der Waals surface area contributed by atoms with Gasteiger partial charge < -0.3 is 9.47 Å². The Balaban J connectivity index is 2.11. The molecule has 2 unspecified atom stereocenters. The van der Waals surface area contributed by atoms with E-state index in [0.717, 1.165) is 5.56 Å². The third kappa shape index (κ3) is 1.70. The van der Waals surface area contributed by atoms with Gasteiger partial charge in [-0.15, -0.1) is 0 Å². The molecule has 2 rings (SSSR count). The minimum Gasteiger partial charge on any atom is -0.466 e. The van der Waals surface area contributed by atoms with Crippen molar-refractivity contribution in [2.75, 3.05) is 7.11 Å². The number of ether oxygens (including phenoxy) is 2. The molecule has 0 radical (unpaired) electrons. The Labute approximate surface area is 99.3 Å². The van der Waals surface area contributed by atoms with E-state index in [0.29, 0.717) is 6.42 Å². The maximum atomic E-state index is 11.4. The van der Waals surface area contributed by atoms with Gasteiger partial charge in [0.05, 0.1) is 7.11 Å². The van der Waals surface area contributed by atoms with E-state index in [2.05, 4.69) is 4.74 Å². The highest BCUT2D eigenvalue weighted by Crippen LogP contribution is 2.53. The van der Waals surface area contributed by atoms with Gasteiger partial charge in [-0.1, -0.05) is 41.9 Å². The molecular weight excluding hydrogens is 228 g/mol. The fourth-order valence-corrected chi connectivity index (χ4v) is 2.12. The third-order valence-corrected chi connectivity index (χ3v) is 3.47. The van der Waals surface area contributed by atoms with Crippen LogP contribution in [-0.2, 0) is 20.7 Å². The fraction of sp³-hybridized carbons (Fsp3) is 0.417. The molecule has 4 heteroatoms. The summed E-state index contributed by atoms with van der Waals surface area (Å²) in [4.78, 5) is 11.4. The SMILES string of the molecule is COC(=O)C1(Cl)OC1(C)Cc1ccccc1. The number of benzene rings is 1. The van der Waals surface area contributed by atoms with Crippen molar-refractivity contribution in [2.24, 2.45) is 0 Å². The maximum absolute atomic E-state index is 11.4. The largest absolute Gasteiger partial charge is 0.466 e. The van der Waals surface area contributed by atoms with Crippen molar-refractivity contribution in [3.8, 4) is 0 Å². The zero-order valence-electron chi connectivity index (χ0n) is 9.20. The minimum absolute atomic E-state index is 0.535. The van der Waals surface area contributed by atoms with E-state index in [-0.39, 0.29) is 0 Å². The molecule has 1 heterocycles. The summed E-state index contributed by atoms with van der Waals surface area (Å²) in [7, 11) is 1.30. The van der Waals surface area contributed by atoms with E-state index < -0.39 is 16.6 Å². The van der Waals surface area contributed by atoms with E-state index in [9.17, 15) is 4.79 Å². The molecule has 0 aliphatic carbocycles. The molecule has 1 aromatic carbocycles. The van der Waals surface area contributed by atoms with Crippen LogP contribution in [0.5, 0.6) is 0 Å². The standard InChI is InChI=1S/C12H13ClO3/c1-11(8-9-6-4-3-5-7-9)12(13,16-11)10(14)15-2/h3-7H,8H2,1-2H3. The van der Waals surface area contributed by atoms with E-state index in [4.69, 9.17) is 16.3 Å². The third-order valence-electron chi connectivity index (χ3n) is 2.84. The van der Waals surface area contributed by atoms with Crippen LogP contribution in [0, 0.1) is 0 Å². The smallest absolute Gasteiger partial charge is 0.357 e. The lowest BCUT2D eigenvalue weighted by Gasteiger charge is -2.09. The van der Waals surface area contributed by atoms with Crippen molar-refractivity contribution in [2.45, 2.75) is 24.0 Å². The number of epoxide rings is 1. The maximum Gasteiger partial charge on any atom is 0.357 e. The van der Waals surface area contributed by atoms with Crippen LogP contribution >= 0.6 is 11.6 Å². The van der Waals surface area contributed by atoms with E-state index in [1.54, 1.807) is 0 Å². The summed E-state index contributed by atoms with van der Waals surface area (Å²) in [5.74, 6) is -0.535. The number of hydrogen-bond acceptors (Lipinski definition) is 3. The molecular formula is C12H13ClO3. The fourth-order valence-electron chi connectivity index (χ4n) is 1.81. The van der Waals surface area contributed by atoms with E-state index in [1.165, 1.54) is 7.11 Å². The number of carbonyl (C=O) groups excluding carboxylic acids is 1. The molecule has 0 N–H and O–H groups in total. The average molecular weight is 241 g/mol. The zero-order valence-corrected chi connectivity index (χ0v) is 9.95. The summed E-state index contributed by atoms with van der Waals surface area (Å²) >= 11 is 6.06. The Kier molecular flexibility index (Phi) is 2.68. The van der Waals surface area contributed by atoms with Crippen LogP contribution in [0.15, 0.2) is 30.3 Å². The summed E-state index contributed by atoms with van der Waals surface area (Å²) in [5, 5.41) is -1.32. The molecule has 16 heavy (non-hydrogen) atoms. The monoisotopic (exact) mass is 240 g/mol. The van der Waals surface area contributed by atoms with Crippen molar-refractivity contribution in [3.05, 3.63) is 35.9 Å². The lowest BCUT2D eigenvalue weighted by atomic mass is 9.97. The molecule has 0 saturated carbocycles. The highest BCUT2D eigenvalue weighted by atomic mass is 35.5. The first kappa shape index (κ1) is 11.4. The number of halogens is 1. The highest BCUT2D eigenvalue weighted by molar-refractivity contribution is 6.35. The van der Waals surface area contributed by atoms with Crippen LogP contribution in [0.25, 0.3) is 0 Å². The van der Waals surface area contributed by atoms with Gasteiger partial charge in [0.15, 0.2) is 0 Å². The summed E-state index contributed by atoms with van der Waals surface area (Å²) in [6.07, 6.45) is 0.590. The normalized spacial score (nSPS) is 32.2. The molecule has 1 aromatic rings. The number of carbonyl (C=O) groups is 1. The topological polar surface area (TPSA) is 38.8 Å². The Hall–Kier alpha value is -1.06. The molecule has 1 saturated heterocycles. The van der Waals surface area contributed by atoms with Crippen LogP contribution in [0.1, 0.15) is 12.5 Å². The molecule has 0 bridgehead atoms. The number of methoxy groups -OCH3 is 1. The summed E-state index contributed by atoms with van der Waals surface area (Å²) in [6.45, 7) is 1.81. The van der Waals surface area contributed by atoms with Crippen molar-refractivity contribution < 1.29 is 14.3 Å². The van der Waals surface area contributed by atoms with Gasteiger partial charge >= 0.3 is 5.97 Å². The Morgan fingerprint density at radius 2 is 2.06 bits per heavy atom. The van der Waals surface area contributed by atoms with Crippen LogP contribution in [0.2, 0.25) is 0 Å². The molecule has 0 spiro atoms. The van der Waals surface area contributed by atoms with Gasteiger partial charge in [-0.25, -0.2) is 4.79 Å². The van der Waals surface area contributed by atoms with Gasteiger partial charge in [-0.2, -0.15) is 0 Å². The molecule has 1 aliphatic heterocycles. The molecule has 86 valence electrons. The second-order valence-electron chi connectivity index (χ2n) is 4.08. The quantitative estimate of drug-likeness (QED) is 0.462. The van der Waals surface area contributed by atoms with Crippen molar-refractivity contribution >= 4 is 17.6 Å². The van der Waals surface area contributed by atoms with Gasteiger partial charge in [0.1, 0.15) is 5.60 Å². The summed E-state index contributed by atoms with van der Waals surface area (Å²) < 4.78 is 9.95. The summed E-state index contributed by atoms with van der Waals surface area (Å²) in [6, 6.07) is 9.77. The molecule has 0 aromatic heterocycles. The van der Waals surface area contributed by atoms with Crippen molar-refractivity contribution in [1.29, 1.82) is 0 Å². The second kappa shape index (κ2) is 3.75. The van der Waals surface area contributed by atoms with Gasteiger partial charge in [-0.05, 0) is 12.5 Å². The number of esters is 1. The second-order valence-corrected chi connectivity index (χ2v) is 4.61. The number of rotatable bonds is 3. The highest BCUT2D eigenvalue weighted by Gasteiger charge is 2.72. The first-order chi connectivity index (χ1) is 7.52. The van der Waals surface area contributed by atoms with Crippen LogP contribution in [0.4, 0.5) is 0 Å². The van der Waals surface area contributed by atoms with Crippen molar-refractivity contribution in [1.82, 2.24) is 0 Å². The van der Waals surface area contributed by atoms with Crippen LogP contribution in [-0.4, -0.2) is 23.7 Å². The van der Waals surface area contributed by atoms with Gasteiger partial charge in [0.25, 0.3) is 5.06 Å². The van der Waals surface area contributed by atoms with E-state index in [1.807, 2.05) is 37.3 Å². The van der Waals surface area contributed by atoms with Crippen LogP contribution in [0.3, 0.4) is 0 Å². The van der Waals surface area contributed by atoms with Crippen LogP contribution < -0.4 is 0 Å². The van der Waals surface area contributed by atoms with Gasteiger partial charge in [0.2, 0.25) is 0 Å². The summed E-state index contributed by atoms with van der Waals surface area (Å²) in [5.41, 5.74) is 0.402. The molecule has 2 atom stereocenters. The van der Waals surface area contributed by atoms with E-state index >= 15 is 0 Å². The number of alkyl halides is 1. The first-order valence-corrected chi connectivity index (χ1v) is 5.41. The van der Waals surface area contributed by atoms with Gasteiger partial charge in [0, 0.05) is 6.42 Å². The lowest BCUT2D eigenvalue weighted by Crippen LogP contribution is -2.29. The first-order valence-electron chi connectivity index (χ1n) is 5.03. The Morgan fingerprint density at radius 3 is 2.62 bits per heavy atom. The van der Waals surface area contributed by atoms with Crippen molar-refractivity contribution in [3.63, 3.8) is 0 Å². The Morgan fingerprint density at radius 1 is 1.44 bits per heavy atom. The van der Waals surface area contributed by atoms with Gasteiger partial charge in [-0.3, -0.25) is 0 Å². The number of hydrogen-bond donors (Lipinski definition) is 0. The molecule has 3 nitrogen and oxygen atoms in total. The predicted octanol–water partition coefficient (Wildman–Crippen LogP) is 2.13. The molecule has 1 aliphatic rings. The lowest BCUT2D eigenvalue weighted by molar-refractivity contribution is -0.143. The Bertz CT molecular complexity index is 406. The zero-order chi connectivity index (χ0) is 11.8. The average Bonchev–Trinajstić information content (AvgIpc) is 2.82. The molecule has 1 fully saturated rings. The molecule has 0 amide bonds.